The molecule has 0 aliphatic carbocycles. The van der Waals surface area contributed by atoms with E-state index < -0.39 is 5.97 Å². The first-order valence-electron chi connectivity index (χ1n) is 3.99. The second kappa shape index (κ2) is 3.96. The van der Waals surface area contributed by atoms with E-state index in [0.717, 1.165) is 11.3 Å². The maximum absolute atomic E-state index is 11.4. The van der Waals surface area contributed by atoms with Crippen LogP contribution in [0.25, 0.3) is 0 Å². The summed E-state index contributed by atoms with van der Waals surface area (Å²) in [5.41, 5.74) is 7.56. The molecule has 1 aromatic heterocycles. The van der Waals surface area contributed by atoms with Gasteiger partial charge in [0.2, 0.25) is 0 Å². The Hall–Kier alpha value is -1.10. The fourth-order valence-electron chi connectivity index (χ4n) is 1.13. The van der Waals surface area contributed by atoms with Crippen molar-refractivity contribution in [2.45, 2.75) is 13.8 Å². The number of esters is 1. The normalized spacial score (nSPS) is 10.0. The van der Waals surface area contributed by atoms with Crippen LogP contribution in [-0.4, -0.2) is 18.1 Å². The molecule has 5 heteroatoms. The summed E-state index contributed by atoms with van der Waals surface area (Å²) in [6, 6.07) is 0. The highest BCUT2D eigenvalue weighted by molar-refractivity contribution is 9.10. The number of carbonyl (C=O) groups is 1. The maximum atomic E-state index is 11.4. The zero-order valence-electron chi connectivity index (χ0n) is 8.22. The van der Waals surface area contributed by atoms with Gasteiger partial charge in [0, 0.05) is 5.69 Å². The summed E-state index contributed by atoms with van der Waals surface area (Å²) in [5, 5.41) is 0. The van der Waals surface area contributed by atoms with Gasteiger partial charge in [-0.2, -0.15) is 0 Å². The van der Waals surface area contributed by atoms with Gasteiger partial charge in [-0.05, 0) is 35.3 Å². The summed E-state index contributed by atoms with van der Waals surface area (Å²) >= 11 is 3.22. The number of anilines is 1. The monoisotopic (exact) mass is 258 g/mol. The van der Waals surface area contributed by atoms with Crippen LogP contribution in [0.3, 0.4) is 0 Å². The molecule has 1 rings (SSSR count). The first-order valence-corrected chi connectivity index (χ1v) is 4.78. The van der Waals surface area contributed by atoms with Crippen LogP contribution < -0.4 is 5.73 Å². The molecule has 0 unspecified atom stereocenters. The number of ether oxygens (including phenoxy) is 1. The topological polar surface area (TPSA) is 65.2 Å². The summed E-state index contributed by atoms with van der Waals surface area (Å²) in [4.78, 5) is 15.5. The van der Waals surface area contributed by atoms with E-state index in [4.69, 9.17) is 5.73 Å². The van der Waals surface area contributed by atoms with Crippen molar-refractivity contribution in [3.05, 3.63) is 21.3 Å². The van der Waals surface area contributed by atoms with Crippen LogP contribution in [0.1, 0.15) is 21.6 Å². The standard InChI is InChI=1S/C9H11BrN2O2/c1-4-5(2)12-8(11)7(10)6(4)9(13)14-3/h1-3H3,(H2,11,12). The molecular formula is C9H11BrN2O2. The largest absolute Gasteiger partial charge is 0.465 e. The minimum absolute atomic E-state index is 0.300. The third kappa shape index (κ3) is 1.72. The van der Waals surface area contributed by atoms with Crippen molar-refractivity contribution in [1.82, 2.24) is 4.98 Å². The summed E-state index contributed by atoms with van der Waals surface area (Å²) in [7, 11) is 1.33. The number of rotatable bonds is 1. The number of halogens is 1. The lowest BCUT2D eigenvalue weighted by atomic mass is 10.1. The molecule has 0 fully saturated rings. The molecule has 0 aromatic carbocycles. The van der Waals surface area contributed by atoms with Crippen LogP contribution in [0.5, 0.6) is 0 Å². The molecule has 0 amide bonds. The molecule has 76 valence electrons. The smallest absolute Gasteiger partial charge is 0.339 e. The molecule has 0 spiro atoms. The Labute approximate surface area is 90.6 Å². The van der Waals surface area contributed by atoms with Crippen molar-refractivity contribution in [1.29, 1.82) is 0 Å². The van der Waals surface area contributed by atoms with Crippen molar-refractivity contribution in [2.75, 3.05) is 12.8 Å². The minimum atomic E-state index is -0.411. The van der Waals surface area contributed by atoms with Gasteiger partial charge < -0.3 is 10.5 Å². The predicted molar refractivity (Wildman–Crippen MR) is 57.2 cm³/mol. The fraction of sp³-hybridized carbons (Fsp3) is 0.333. The molecule has 2 N–H and O–H groups in total. The first-order chi connectivity index (χ1) is 6.49. The number of nitrogens with zero attached hydrogens (tertiary/aromatic N) is 1. The van der Waals surface area contributed by atoms with Crippen LogP contribution in [0.2, 0.25) is 0 Å². The number of pyridine rings is 1. The average Bonchev–Trinajstić information content (AvgIpc) is 2.15. The number of hydrogen-bond acceptors (Lipinski definition) is 4. The van der Waals surface area contributed by atoms with Gasteiger partial charge in [0.1, 0.15) is 5.82 Å². The SMILES string of the molecule is COC(=O)c1c(C)c(C)nc(N)c1Br. The Kier molecular flexibility index (Phi) is 3.10. The Morgan fingerprint density at radius 2 is 2.07 bits per heavy atom. The number of aryl methyl sites for hydroxylation is 1. The molecule has 0 bridgehead atoms. The van der Waals surface area contributed by atoms with Crippen molar-refractivity contribution >= 4 is 27.7 Å². The lowest BCUT2D eigenvalue weighted by molar-refractivity contribution is 0.0598. The van der Waals surface area contributed by atoms with Crippen molar-refractivity contribution in [3.63, 3.8) is 0 Å². The van der Waals surface area contributed by atoms with E-state index in [-0.39, 0.29) is 0 Å². The Bertz CT molecular complexity index is 365. The Morgan fingerprint density at radius 3 is 2.57 bits per heavy atom. The molecule has 1 aromatic rings. The van der Waals surface area contributed by atoms with Crippen molar-refractivity contribution in [3.8, 4) is 0 Å². The molecule has 1 heterocycles. The number of aromatic nitrogens is 1. The van der Waals surface area contributed by atoms with Crippen molar-refractivity contribution < 1.29 is 9.53 Å². The highest BCUT2D eigenvalue weighted by Crippen LogP contribution is 2.27. The zero-order valence-corrected chi connectivity index (χ0v) is 9.81. The van der Waals surface area contributed by atoms with E-state index in [1.165, 1.54) is 7.11 Å². The second-order valence-corrected chi connectivity index (χ2v) is 3.68. The van der Waals surface area contributed by atoms with Gasteiger partial charge in [-0.3, -0.25) is 0 Å². The predicted octanol–water partition coefficient (Wildman–Crippen LogP) is 1.83. The number of nitrogen functional groups attached to an aromatic ring is 1. The van der Waals surface area contributed by atoms with E-state index in [2.05, 4.69) is 25.7 Å². The Morgan fingerprint density at radius 1 is 1.50 bits per heavy atom. The first kappa shape index (κ1) is 11.0. The highest BCUT2D eigenvalue weighted by atomic mass is 79.9. The van der Waals surface area contributed by atoms with Gasteiger partial charge >= 0.3 is 5.97 Å². The van der Waals surface area contributed by atoms with E-state index >= 15 is 0 Å². The van der Waals surface area contributed by atoms with E-state index in [9.17, 15) is 4.79 Å². The summed E-state index contributed by atoms with van der Waals surface area (Å²) in [6.45, 7) is 3.60. The molecule has 14 heavy (non-hydrogen) atoms. The van der Waals surface area contributed by atoms with Crippen LogP contribution in [-0.2, 0) is 4.74 Å². The van der Waals surface area contributed by atoms with Gasteiger partial charge in [0.05, 0.1) is 17.1 Å². The molecule has 0 atom stereocenters. The van der Waals surface area contributed by atoms with Crippen molar-refractivity contribution in [2.24, 2.45) is 0 Å². The average molecular weight is 259 g/mol. The van der Waals surface area contributed by atoms with Crippen LogP contribution >= 0.6 is 15.9 Å². The van der Waals surface area contributed by atoms with Crippen LogP contribution in [0.4, 0.5) is 5.82 Å². The van der Waals surface area contributed by atoms with Crippen LogP contribution in [0, 0.1) is 13.8 Å². The van der Waals surface area contributed by atoms with Gasteiger partial charge in [-0.25, -0.2) is 9.78 Å². The minimum Gasteiger partial charge on any atom is -0.465 e. The van der Waals surface area contributed by atoms with E-state index in [1.807, 2.05) is 0 Å². The van der Waals surface area contributed by atoms with Gasteiger partial charge in [-0.15, -0.1) is 0 Å². The molecule has 4 nitrogen and oxygen atoms in total. The third-order valence-electron chi connectivity index (χ3n) is 2.04. The quantitative estimate of drug-likeness (QED) is 0.781. The zero-order chi connectivity index (χ0) is 10.9. The molecule has 0 aliphatic rings. The van der Waals surface area contributed by atoms with Crippen LogP contribution in [0.15, 0.2) is 4.47 Å². The molecular weight excluding hydrogens is 248 g/mol. The molecule has 0 aliphatic heterocycles. The summed E-state index contributed by atoms with van der Waals surface area (Å²) in [6.07, 6.45) is 0. The lowest BCUT2D eigenvalue weighted by Crippen LogP contribution is -2.10. The molecule has 0 saturated carbocycles. The second-order valence-electron chi connectivity index (χ2n) is 2.89. The van der Waals surface area contributed by atoms with E-state index in [1.54, 1.807) is 13.8 Å². The summed E-state index contributed by atoms with van der Waals surface area (Å²) in [5.74, 6) is -0.111. The van der Waals surface area contributed by atoms with Gasteiger partial charge in [0.15, 0.2) is 0 Å². The third-order valence-corrected chi connectivity index (χ3v) is 2.84. The lowest BCUT2D eigenvalue weighted by Gasteiger charge is -2.10. The number of hydrogen-bond donors (Lipinski definition) is 1. The van der Waals surface area contributed by atoms with E-state index in [0.29, 0.717) is 15.9 Å². The summed E-state index contributed by atoms with van der Waals surface area (Å²) < 4.78 is 5.15. The van der Waals surface area contributed by atoms with Gasteiger partial charge in [-0.1, -0.05) is 0 Å². The molecule has 0 saturated heterocycles. The molecule has 0 radical (unpaired) electrons. The number of carbonyl (C=O) groups excluding carboxylic acids is 1. The number of methoxy groups -OCH3 is 1. The fourth-order valence-corrected chi connectivity index (χ4v) is 1.68. The maximum Gasteiger partial charge on any atom is 0.339 e. The Balaban J connectivity index is 3.47. The number of nitrogens with two attached hydrogens (primary N) is 1. The highest BCUT2D eigenvalue weighted by Gasteiger charge is 2.18. The van der Waals surface area contributed by atoms with Gasteiger partial charge in [0.25, 0.3) is 0 Å².